The Bertz CT molecular complexity index is 601. The predicted molar refractivity (Wildman–Crippen MR) is 58.1 cm³/mol. The molecule has 1 aromatic heterocycles. The standard InChI is InChI=1S/C10H6ClFN2O2/c1-5-2-7(11)6-3-8(12)10(14(15)16)4-9(6)13-5/h2-4H,1H3. The molecule has 82 valence electrons. The number of fused-ring (bicyclic) bond motifs is 1. The average molecular weight is 241 g/mol. The molecule has 0 unspecified atom stereocenters. The monoisotopic (exact) mass is 240 g/mol. The summed E-state index contributed by atoms with van der Waals surface area (Å²) in [5, 5.41) is 11.2. The van der Waals surface area contributed by atoms with Crippen molar-refractivity contribution < 1.29 is 9.31 Å². The number of aryl methyl sites for hydroxylation is 1. The van der Waals surface area contributed by atoms with Gasteiger partial charge in [-0.05, 0) is 19.1 Å². The molecule has 2 rings (SSSR count). The quantitative estimate of drug-likeness (QED) is 0.568. The highest BCUT2D eigenvalue weighted by Gasteiger charge is 2.16. The summed E-state index contributed by atoms with van der Waals surface area (Å²) < 4.78 is 13.3. The molecule has 2 aromatic rings. The van der Waals surface area contributed by atoms with Crippen molar-refractivity contribution in [2.45, 2.75) is 6.92 Å². The van der Waals surface area contributed by atoms with Crippen molar-refractivity contribution in [3.05, 3.63) is 44.8 Å². The lowest BCUT2D eigenvalue weighted by atomic mass is 10.2. The zero-order valence-corrected chi connectivity index (χ0v) is 8.95. The number of rotatable bonds is 1. The van der Waals surface area contributed by atoms with Crippen LogP contribution in [0.1, 0.15) is 5.69 Å². The van der Waals surface area contributed by atoms with Crippen LogP contribution in [0.2, 0.25) is 5.02 Å². The van der Waals surface area contributed by atoms with Gasteiger partial charge >= 0.3 is 5.69 Å². The van der Waals surface area contributed by atoms with Crippen molar-refractivity contribution in [1.82, 2.24) is 4.98 Å². The van der Waals surface area contributed by atoms with Crippen molar-refractivity contribution in [3.8, 4) is 0 Å². The van der Waals surface area contributed by atoms with Crippen LogP contribution < -0.4 is 0 Å². The zero-order chi connectivity index (χ0) is 11.9. The fourth-order valence-corrected chi connectivity index (χ4v) is 1.77. The second-order valence-corrected chi connectivity index (χ2v) is 3.73. The first kappa shape index (κ1) is 10.8. The number of aromatic nitrogens is 1. The minimum atomic E-state index is -0.912. The third kappa shape index (κ3) is 1.69. The molecular formula is C10H6ClFN2O2. The highest BCUT2D eigenvalue weighted by molar-refractivity contribution is 6.35. The first-order valence-corrected chi connectivity index (χ1v) is 4.77. The van der Waals surface area contributed by atoms with Gasteiger partial charge in [-0.2, -0.15) is 4.39 Å². The van der Waals surface area contributed by atoms with E-state index in [2.05, 4.69) is 4.98 Å². The Morgan fingerprint density at radius 2 is 2.12 bits per heavy atom. The lowest BCUT2D eigenvalue weighted by molar-refractivity contribution is -0.387. The number of hydrogen-bond acceptors (Lipinski definition) is 3. The predicted octanol–water partition coefficient (Wildman–Crippen LogP) is 3.24. The van der Waals surface area contributed by atoms with E-state index in [9.17, 15) is 14.5 Å². The Morgan fingerprint density at radius 1 is 1.44 bits per heavy atom. The smallest absolute Gasteiger partial charge is 0.258 e. The maximum atomic E-state index is 13.3. The maximum Gasteiger partial charge on any atom is 0.306 e. The highest BCUT2D eigenvalue weighted by Crippen LogP contribution is 2.28. The minimum Gasteiger partial charge on any atom is -0.258 e. The van der Waals surface area contributed by atoms with Crippen LogP contribution in [0.15, 0.2) is 18.2 Å². The number of benzene rings is 1. The van der Waals surface area contributed by atoms with E-state index in [4.69, 9.17) is 11.6 Å². The molecule has 0 aliphatic carbocycles. The van der Waals surface area contributed by atoms with Gasteiger partial charge in [-0.15, -0.1) is 0 Å². The van der Waals surface area contributed by atoms with Crippen LogP contribution in [0.3, 0.4) is 0 Å². The van der Waals surface area contributed by atoms with Crippen LogP contribution >= 0.6 is 11.6 Å². The van der Waals surface area contributed by atoms with Crippen LogP contribution in [0.4, 0.5) is 10.1 Å². The number of nitrogens with zero attached hydrogens (tertiary/aromatic N) is 2. The number of nitro groups is 1. The van der Waals surface area contributed by atoms with Gasteiger partial charge in [0.1, 0.15) is 0 Å². The summed E-state index contributed by atoms with van der Waals surface area (Å²) in [4.78, 5) is 13.8. The molecule has 4 nitrogen and oxygen atoms in total. The summed E-state index contributed by atoms with van der Waals surface area (Å²) >= 11 is 5.89. The summed E-state index contributed by atoms with van der Waals surface area (Å²) in [6, 6.07) is 3.70. The van der Waals surface area contributed by atoms with Gasteiger partial charge < -0.3 is 0 Å². The van der Waals surface area contributed by atoms with Gasteiger partial charge in [0.15, 0.2) is 0 Å². The third-order valence-corrected chi connectivity index (χ3v) is 2.46. The average Bonchev–Trinajstić information content (AvgIpc) is 2.18. The molecule has 0 atom stereocenters. The molecule has 0 saturated heterocycles. The molecule has 0 spiro atoms. The van der Waals surface area contributed by atoms with E-state index in [1.807, 2.05) is 0 Å². The van der Waals surface area contributed by atoms with Crippen molar-refractivity contribution in [1.29, 1.82) is 0 Å². The highest BCUT2D eigenvalue weighted by atomic mass is 35.5. The molecular weight excluding hydrogens is 235 g/mol. The summed E-state index contributed by atoms with van der Waals surface area (Å²) in [5.74, 6) is -0.912. The number of halogens is 2. The zero-order valence-electron chi connectivity index (χ0n) is 8.20. The van der Waals surface area contributed by atoms with Gasteiger partial charge in [-0.1, -0.05) is 11.6 Å². The molecule has 0 bridgehead atoms. The third-order valence-electron chi connectivity index (χ3n) is 2.15. The lowest BCUT2D eigenvalue weighted by Crippen LogP contribution is -1.94. The second kappa shape index (κ2) is 3.68. The van der Waals surface area contributed by atoms with E-state index in [0.717, 1.165) is 12.1 Å². The molecule has 0 N–H and O–H groups in total. The van der Waals surface area contributed by atoms with E-state index >= 15 is 0 Å². The SMILES string of the molecule is Cc1cc(Cl)c2cc(F)c([N+](=O)[O-])cc2n1. The van der Waals surface area contributed by atoms with E-state index in [1.54, 1.807) is 13.0 Å². The molecule has 0 aliphatic heterocycles. The summed E-state index contributed by atoms with van der Waals surface area (Å²) in [7, 11) is 0. The number of nitro benzene ring substituents is 1. The van der Waals surface area contributed by atoms with Crippen LogP contribution in [0.25, 0.3) is 10.9 Å². The second-order valence-electron chi connectivity index (χ2n) is 3.32. The molecule has 16 heavy (non-hydrogen) atoms. The largest absolute Gasteiger partial charge is 0.306 e. The van der Waals surface area contributed by atoms with Gasteiger partial charge in [0.05, 0.1) is 15.5 Å². The Kier molecular flexibility index (Phi) is 2.47. The van der Waals surface area contributed by atoms with E-state index in [1.165, 1.54) is 0 Å². The molecule has 0 radical (unpaired) electrons. The summed E-state index contributed by atoms with van der Waals surface area (Å²) in [6.45, 7) is 1.71. The first-order valence-electron chi connectivity index (χ1n) is 4.40. The van der Waals surface area contributed by atoms with Crippen molar-refractivity contribution in [2.24, 2.45) is 0 Å². The van der Waals surface area contributed by atoms with Gasteiger partial charge in [0, 0.05) is 17.1 Å². The topological polar surface area (TPSA) is 56.0 Å². The Balaban J connectivity index is 2.84. The van der Waals surface area contributed by atoms with Gasteiger partial charge in [-0.3, -0.25) is 15.1 Å². The molecule has 0 saturated carbocycles. The van der Waals surface area contributed by atoms with Crippen LogP contribution in [-0.4, -0.2) is 9.91 Å². The van der Waals surface area contributed by atoms with Gasteiger partial charge in [-0.25, -0.2) is 0 Å². The molecule has 1 heterocycles. The van der Waals surface area contributed by atoms with E-state index < -0.39 is 16.4 Å². The maximum absolute atomic E-state index is 13.3. The summed E-state index contributed by atoms with van der Waals surface area (Å²) in [6.07, 6.45) is 0. The molecule has 0 amide bonds. The van der Waals surface area contributed by atoms with Crippen LogP contribution in [0, 0.1) is 22.9 Å². The Morgan fingerprint density at radius 3 is 2.75 bits per heavy atom. The molecule has 0 fully saturated rings. The Labute approximate surface area is 94.8 Å². The molecule has 6 heteroatoms. The van der Waals surface area contributed by atoms with Gasteiger partial charge in [0.2, 0.25) is 5.82 Å². The van der Waals surface area contributed by atoms with E-state index in [0.29, 0.717) is 21.6 Å². The normalized spacial score (nSPS) is 10.7. The first-order chi connectivity index (χ1) is 7.49. The fourth-order valence-electron chi connectivity index (χ4n) is 1.46. The molecule has 0 aliphatic rings. The fraction of sp³-hybridized carbons (Fsp3) is 0.100. The molecule has 1 aromatic carbocycles. The van der Waals surface area contributed by atoms with Crippen molar-refractivity contribution in [3.63, 3.8) is 0 Å². The summed E-state index contributed by atoms with van der Waals surface area (Å²) in [5.41, 5.74) is 0.346. The van der Waals surface area contributed by atoms with Gasteiger partial charge in [0.25, 0.3) is 0 Å². The number of hydrogen-bond donors (Lipinski definition) is 0. The lowest BCUT2D eigenvalue weighted by Gasteiger charge is -2.02. The Hall–Kier alpha value is -1.75. The van der Waals surface area contributed by atoms with Crippen LogP contribution in [0.5, 0.6) is 0 Å². The number of pyridine rings is 1. The van der Waals surface area contributed by atoms with Crippen molar-refractivity contribution in [2.75, 3.05) is 0 Å². The van der Waals surface area contributed by atoms with E-state index in [-0.39, 0.29) is 0 Å². The van der Waals surface area contributed by atoms with Crippen LogP contribution in [-0.2, 0) is 0 Å². The van der Waals surface area contributed by atoms with Crippen molar-refractivity contribution >= 4 is 28.2 Å². The minimum absolute atomic E-state index is 0.318.